The monoisotopic (exact) mass is 406 g/mol. The van der Waals surface area contributed by atoms with Gasteiger partial charge in [-0.1, -0.05) is 82.2 Å². The smallest absolute Gasteiger partial charge is 0.120 e. The molecule has 0 spiro atoms. The van der Waals surface area contributed by atoms with Gasteiger partial charge in [0, 0.05) is 11.5 Å². The zero-order valence-electron chi connectivity index (χ0n) is 19.9. The molecule has 1 aromatic carbocycles. The Kier molecular flexibility index (Phi) is 6.20. The van der Waals surface area contributed by atoms with E-state index in [1.165, 1.54) is 80.1 Å². The Hall–Kier alpha value is -1.50. The van der Waals surface area contributed by atoms with Crippen molar-refractivity contribution < 1.29 is 5.11 Å². The van der Waals surface area contributed by atoms with Crippen LogP contribution in [0.25, 0.3) is 6.08 Å². The normalized spacial score (nSPS) is 27.2. The molecule has 0 bridgehead atoms. The van der Waals surface area contributed by atoms with Gasteiger partial charge in [-0.2, -0.15) is 0 Å². The molecule has 1 fully saturated rings. The maximum atomic E-state index is 11.2. The van der Waals surface area contributed by atoms with Gasteiger partial charge in [-0.05, 0) is 79.9 Å². The molecular formula is C29H42O. The second-order valence-electron chi connectivity index (χ2n) is 11.2. The van der Waals surface area contributed by atoms with Crippen molar-refractivity contribution in [3.05, 3.63) is 46.0 Å². The van der Waals surface area contributed by atoms with Crippen LogP contribution in [0.15, 0.2) is 29.4 Å². The van der Waals surface area contributed by atoms with Crippen LogP contribution < -0.4 is 0 Å². The second kappa shape index (κ2) is 8.56. The van der Waals surface area contributed by atoms with Gasteiger partial charge in [0.2, 0.25) is 0 Å². The fourth-order valence-corrected chi connectivity index (χ4v) is 6.63. The molecule has 1 N–H and O–H groups in total. The first-order chi connectivity index (χ1) is 14.3. The van der Waals surface area contributed by atoms with Gasteiger partial charge in [-0.3, -0.25) is 0 Å². The number of hydrogen-bond donors (Lipinski definition) is 1. The molecule has 3 unspecified atom stereocenters. The van der Waals surface area contributed by atoms with Crippen molar-refractivity contribution in [2.75, 3.05) is 0 Å². The topological polar surface area (TPSA) is 20.2 Å². The Morgan fingerprint density at radius 3 is 2.43 bits per heavy atom. The number of allylic oxidation sites excluding steroid dienone is 3. The van der Waals surface area contributed by atoms with Crippen LogP contribution in [0.2, 0.25) is 0 Å². The molecule has 3 aliphatic rings. The van der Waals surface area contributed by atoms with Crippen molar-refractivity contribution in [2.24, 2.45) is 17.8 Å². The minimum atomic E-state index is 0.103. The van der Waals surface area contributed by atoms with E-state index in [4.69, 9.17) is 0 Å². The molecule has 0 radical (unpaired) electrons. The lowest BCUT2D eigenvalue weighted by molar-refractivity contribution is 0.230. The third-order valence-electron chi connectivity index (χ3n) is 8.62. The number of rotatable bonds is 5. The van der Waals surface area contributed by atoms with Gasteiger partial charge in [0.25, 0.3) is 0 Å². The summed E-state index contributed by atoms with van der Waals surface area (Å²) in [4.78, 5) is 0. The van der Waals surface area contributed by atoms with Crippen molar-refractivity contribution in [3.8, 4) is 5.75 Å². The van der Waals surface area contributed by atoms with Crippen LogP contribution in [0.4, 0.5) is 0 Å². The standard InChI is InChI=1S/C29H42O/c1-6-7-13-29(4,5)23-16-22-14-19(2)25-18-24(21-11-9-8-10-12-21)20(3)15-26(25)28(22)27(30)17-23/h14-17,21,24-26,30H,6-13,18H2,1-5H3. The van der Waals surface area contributed by atoms with Crippen LogP contribution in [-0.2, 0) is 5.41 Å². The summed E-state index contributed by atoms with van der Waals surface area (Å²) in [5.74, 6) is 3.04. The van der Waals surface area contributed by atoms with Gasteiger partial charge in [0.1, 0.15) is 5.75 Å². The Morgan fingerprint density at radius 2 is 1.73 bits per heavy atom. The van der Waals surface area contributed by atoms with Crippen molar-refractivity contribution in [2.45, 2.75) is 104 Å². The van der Waals surface area contributed by atoms with Crippen LogP contribution in [0.3, 0.4) is 0 Å². The first kappa shape index (κ1) is 21.7. The molecule has 0 saturated heterocycles. The third-order valence-corrected chi connectivity index (χ3v) is 8.62. The summed E-state index contributed by atoms with van der Waals surface area (Å²) in [6, 6.07) is 4.46. The van der Waals surface area contributed by atoms with Gasteiger partial charge in [0.15, 0.2) is 0 Å². The van der Waals surface area contributed by atoms with E-state index in [1.54, 1.807) is 5.57 Å². The summed E-state index contributed by atoms with van der Waals surface area (Å²) in [7, 11) is 0. The minimum absolute atomic E-state index is 0.103. The van der Waals surface area contributed by atoms with Crippen LogP contribution in [0, 0.1) is 17.8 Å². The summed E-state index contributed by atoms with van der Waals surface area (Å²) >= 11 is 0. The summed E-state index contributed by atoms with van der Waals surface area (Å²) in [5, 5.41) is 11.2. The highest BCUT2D eigenvalue weighted by molar-refractivity contribution is 5.67. The van der Waals surface area contributed by atoms with Gasteiger partial charge in [-0.15, -0.1) is 0 Å². The van der Waals surface area contributed by atoms with E-state index in [1.807, 2.05) is 0 Å². The van der Waals surface area contributed by atoms with Crippen LogP contribution in [0.1, 0.15) is 115 Å². The van der Waals surface area contributed by atoms with Gasteiger partial charge in [0.05, 0.1) is 0 Å². The lowest BCUT2D eigenvalue weighted by Gasteiger charge is -2.43. The van der Waals surface area contributed by atoms with Gasteiger partial charge < -0.3 is 5.11 Å². The van der Waals surface area contributed by atoms with E-state index < -0.39 is 0 Å². The van der Waals surface area contributed by atoms with E-state index in [9.17, 15) is 5.11 Å². The quantitative estimate of drug-likeness (QED) is 0.486. The lowest BCUT2D eigenvalue weighted by Crippen LogP contribution is -2.30. The van der Waals surface area contributed by atoms with Crippen LogP contribution in [-0.4, -0.2) is 5.11 Å². The fraction of sp³-hybridized carbons (Fsp3) is 0.655. The highest BCUT2D eigenvalue weighted by Gasteiger charge is 2.39. The van der Waals surface area contributed by atoms with Crippen molar-refractivity contribution in [3.63, 3.8) is 0 Å². The molecule has 4 rings (SSSR count). The van der Waals surface area contributed by atoms with E-state index in [2.05, 4.69) is 58.9 Å². The van der Waals surface area contributed by atoms with Crippen molar-refractivity contribution in [1.82, 2.24) is 0 Å². The Bertz CT molecular complexity index is 834. The number of unbranched alkanes of at least 4 members (excludes halogenated alkanes) is 1. The molecule has 1 nitrogen and oxygen atoms in total. The molecule has 1 aromatic rings. The van der Waals surface area contributed by atoms with E-state index in [-0.39, 0.29) is 5.41 Å². The maximum Gasteiger partial charge on any atom is 0.120 e. The molecule has 0 heterocycles. The fourth-order valence-electron chi connectivity index (χ4n) is 6.63. The Labute approximate surface area is 184 Å². The average molecular weight is 407 g/mol. The Balaban J connectivity index is 1.69. The highest BCUT2D eigenvalue weighted by Crippen LogP contribution is 2.53. The first-order valence-corrected chi connectivity index (χ1v) is 12.6. The van der Waals surface area contributed by atoms with E-state index in [0.29, 0.717) is 17.6 Å². The number of phenols is 1. The number of phenolic OH excluding ortho intramolecular Hbond substituents is 1. The zero-order chi connectivity index (χ0) is 21.5. The number of benzene rings is 1. The summed E-state index contributed by atoms with van der Waals surface area (Å²) in [5.41, 5.74) is 6.92. The van der Waals surface area contributed by atoms with Gasteiger partial charge >= 0.3 is 0 Å². The van der Waals surface area contributed by atoms with Crippen molar-refractivity contribution >= 4 is 6.08 Å². The zero-order valence-corrected chi connectivity index (χ0v) is 19.9. The predicted molar refractivity (Wildman–Crippen MR) is 129 cm³/mol. The SMILES string of the molecule is CCCCC(C)(C)c1cc(O)c2c(c1)C=C(C)C1CC(C3CCCCC3)C(C)=CC21. The second-order valence-corrected chi connectivity index (χ2v) is 11.2. The minimum Gasteiger partial charge on any atom is -0.508 e. The largest absolute Gasteiger partial charge is 0.508 e. The maximum absolute atomic E-state index is 11.2. The molecule has 3 atom stereocenters. The van der Waals surface area contributed by atoms with E-state index in [0.717, 1.165) is 11.8 Å². The summed E-state index contributed by atoms with van der Waals surface area (Å²) in [6.45, 7) is 11.6. The molecule has 164 valence electrons. The molecule has 0 aliphatic heterocycles. The number of aromatic hydroxyl groups is 1. The van der Waals surface area contributed by atoms with Crippen LogP contribution >= 0.6 is 0 Å². The lowest BCUT2D eigenvalue weighted by atomic mass is 9.62. The number of fused-ring (bicyclic) bond motifs is 3. The third kappa shape index (κ3) is 4.02. The molecule has 0 amide bonds. The molecule has 1 heteroatoms. The summed E-state index contributed by atoms with van der Waals surface area (Å²) in [6.07, 6.45) is 16.9. The average Bonchev–Trinajstić information content (AvgIpc) is 2.72. The van der Waals surface area contributed by atoms with Gasteiger partial charge in [-0.25, -0.2) is 0 Å². The van der Waals surface area contributed by atoms with Crippen LogP contribution in [0.5, 0.6) is 5.75 Å². The molecule has 1 saturated carbocycles. The molecule has 3 aliphatic carbocycles. The predicted octanol–water partition coefficient (Wildman–Crippen LogP) is 8.52. The van der Waals surface area contributed by atoms with E-state index >= 15 is 0 Å². The molecule has 30 heavy (non-hydrogen) atoms. The highest BCUT2D eigenvalue weighted by atomic mass is 16.3. The summed E-state index contributed by atoms with van der Waals surface area (Å²) < 4.78 is 0. The molecular weight excluding hydrogens is 364 g/mol. The first-order valence-electron chi connectivity index (χ1n) is 12.6. The Morgan fingerprint density at radius 1 is 1.00 bits per heavy atom. The molecule has 0 aromatic heterocycles. The number of hydrogen-bond acceptors (Lipinski definition) is 1. The van der Waals surface area contributed by atoms with Crippen molar-refractivity contribution in [1.29, 1.82) is 0 Å².